The van der Waals surface area contributed by atoms with Gasteiger partial charge < -0.3 is 15.1 Å². The zero-order chi connectivity index (χ0) is 15.0. The number of anilines is 1. The third-order valence-corrected chi connectivity index (χ3v) is 3.75. The number of carbonyl (C=O) groups is 1. The van der Waals surface area contributed by atoms with Crippen LogP contribution < -0.4 is 4.90 Å². The van der Waals surface area contributed by atoms with Crippen LogP contribution >= 0.6 is 0 Å². The van der Waals surface area contributed by atoms with E-state index in [2.05, 4.69) is 6.07 Å². The predicted molar refractivity (Wildman–Crippen MR) is 80.9 cm³/mol. The van der Waals surface area contributed by atoms with Crippen LogP contribution in [-0.4, -0.2) is 22.7 Å². The molecule has 4 heteroatoms. The van der Waals surface area contributed by atoms with Crippen LogP contribution in [0.5, 0.6) is 11.5 Å². The molecule has 2 aromatic carbocycles. The molecule has 4 nitrogen and oxygen atoms in total. The van der Waals surface area contributed by atoms with E-state index in [9.17, 15) is 15.0 Å². The minimum absolute atomic E-state index is 0.112. The molecule has 2 N–H and O–H groups in total. The van der Waals surface area contributed by atoms with E-state index in [4.69, 9.17) is 0 Å². The number of amides is 1. The quantitative estimate of drug-likeness (QED) is 0.845. The van der Waals surface area contributed by atoms with Crippen LogP contribution in [0.25, 0.3) is 0 Å². The first kappa shape index (κ1) is 13.5. The zero-order valence-electron chi connectivity index (χ0n) is 11.8. The maximum atomic E-state index is 12.7. The van der Waals surface area contributed by atoms with E-state index in [1.54, 1.807) is 4.90 Å². The largest absolute Gasteiger partial charge is 0.508 e. The number of nitrogens with zero attached hydrogens (tertiary/aromatic N) is 1. The van der Waals surface area contributed by atoms with Crippen LogP contribution in [0.15, 0.2) is 36.4 Å². The molecule has 0 fully saturated rings. The molecule has 0 bridgehead atoms. The van der Waals surface area contributed by atoms with Crippen LogP contribution in [0.3, 0.4) is 0 Å². The highest BCUT2D eigenvalue weighted by atomic mass is 16.3. The number of hydrogen-bond acceptors (Lipinski definition) is 3. The zero-order valence-corrected chi connectivity index (χ0v) is 11.8. The van der Waals surface area contributed by atoms with Crippen LogP contribution in [0.2, 0.25) is 0 Å². The molecular formula is C17H17NO3. The van der Waals surface area contributed by atoms with Crippen molar-refractivity contribution in [2.75, 3.05) is 11.4 Å². The molecule has 1 aliphatic heterocycles. The summed E-state index contributed by atoms with van der Waals surface area (Å²) < 4.78 is 0. The lowest BCUT2D eigenvalue weighted by Gasteiger charge is -2.30. The highest BCUT2D eigenvalue weighted by molar-refractivity contribution is 6.07. The summed E-state index contributed by atoms with van der Waals surface area (Å²) in [6, 6.07) is 10.0. The average molecular weight is 283 g/mol. The van der Waals surface area contributed by atoms with Gasteiger partial charge in [0.1, 0.15) is 11.5 Å². The number of hydrogen-bond donors (Lipinski definition) is 2. The predicted octanol–water partition coefficient (Wildman–Crippen LogP) is 3.00. The Morgan fingerprint density at radius 1 is 1.10 bits per heavy atom. The molecule has 21 heavy (non-hydrogen) atoms. The molecule has 0 aromatic heterocycles. The Bertz CT molecular complexity index is 689. The van der Waals surface area contributed by atoms with Gasteiger partial charge in [-0.3, -0.25) is 4.79 Å². The second-order valence-electron chi connectivity index (χ2n) is 5.43. The van der Waals surface area contributed by atoms with Crippen molar-refractivity contribution in [3.8, 4) is 11.5 Å². The number of aryl methyl sites for hydroxylation is 2. The van der Waals surface area contributed by atoms with Gasteiger partial charge in [0.2, 0.25) is 0 Å². The molecule has 3 rings (SSSR count). The molecule has 1 aliphatic rings. The van der Waals surface area contributed by atoms with Gasteiger partial charge in [-0.15, -0.1) is 0 Å². The van der Waals surface area contributed by atoms with E-state index in [1.165, 1.54) is 29.3 Å². The maximum Gasteiger partial charge on any atom is 0.258 e. The average Bonchev–Trinajstić information content (AvgIpc) is 2.44. The van der Waals surface area contributed by atoms with Gasteiger partial charge in [0, 0.05) is 23.9 Å². The minimum Gasteiger partial charge on any atom is -0.508 e. The molecule has 0 radical (unpaired) electrons. The first-order chi connectivity index (χ1) is 10.0. The number of carbonyl (C=O) groups excluding carboxylic acids is 1. The smallest absolute Gasteiger partial charge is 0.258 e. The summed E-state index contributed by atoms with van der Waals surface area (Å²) in [6.07, 6.45) is 1.87. The van der Waals surface area contributed by atoms with Crippen molar-refractivity contribution in [3.63, 3.8) is 0 Å². The molecule has 0 spiro atoms. The molecule has 1 amide bonds. The molecule has 0 saturated carbocycles. The first-order valence-corrected chi connectivity index (χ1v) is 6.99. The number of phenolic OH excluding ortho intramolecular Hbond substituents is 2. The number of aromatic hydroxyl groups is 2. The van der Waals surface area contributed by atoms with Gasteiger partial charge in [0.15, 0.2) is 0 Å². The van der Waals surface area contributed by atoms with Crippen LogP contribution in [0.4, 0.5) is 5.69 Å². The maximum absolute atomic E-state index is 12.7. The summed E-state index contributed by atoms with van der Waals surface area (Å²) in [5, 5.41) is 19.1. The van der Waals surface area contributed by atoms with Gasteiger partial charge in [-0.2, -0.15) is 0 Å². The van der Waals surface area contributed by atoms with Crippen molar-refractivity contribution in [1.29, 1.82) is 0 Å². The van der Waals surface area contributed by atoms with Gasteiger partial charge in [0.05, 0.1) is 0 Å². The Morgan fingerprint density at radius 3 is 2.52 bits per heavy atom. The lowest BCUT2D eigenvalue weighted by Crippen LogP contribution is -2.35. The van der Waals surface area contributed by atoms with E-state index in [0.717, 1.165) is 18.5 Å². The van der Waals surface area contributed by atoms with Gasteiger partial charge in [-0.1, -0.05) is 17.7 Å². The van der Waals surface area contributed by atoms with Gasteiger partial charge in [0.25, 0.3) is 5.91 Å². The monoisotopic (exact) mass is 283 g/mol. The van der Waals surface area contributed by atoms with Gasteiger partial charge in [-0.25, -0.2) is 0 Å². The number of phenols is 2. The van der Waals surface area contributed by atoms with Crippen molar-refractivity contribution in [2.24, 2.45) is 0 Å². The topological polar surface area (TPSA) is 60.8 Å². The van der Waals surface area contributed by atoms with Gasteiger partial charge >= 0.3 is 0 Å². The molecule has 0 atom stereocenters. The first-order valence-electron chi connectivity index (χ1n) is 6.99. The lowest BCUT2D eigenvalue weighted by atomic mass is 9.99. The third kappa shape index (κ3) is 2.57. The van der Waals surface area contributed by atoms with Crippen molar-refractivity contribution in [2.45, 2.75) is 19.8 Å². The fraction of sp³-hybridized carbons (Fsp3) is 0.235. The SMILES string of the molecule is Cc1ccc2c(c1)CCCN2C(=O)c1cc(O)cc(O)c1. The van der Waals surface area contributed by atoms with E-state index in [1.807, 2.05) is 19.1 Å². The molecule has 1 heterocycles. The molecular weight excluding hydrogens is 266 g/mol. The van der Waals surface area contributed by atoms with Gasteiger partial charge in [-0.05, 0) is 43.5 Å². The molecule has 0 unspecified atom stereocenters. The van der Waals surface area contributed by atoms with E-state index >= 15 is 0 Å². The summed E-state index contributed by atoms with van der Waals surface area (Å²) in [6.45, 7) is 2.68. The Hall–Kier alpha value is -2.49. The van der Waals surface area contributed by atoms with Crippen molar-refractivity contribution in [3.05, 3.63) is 53.1 Å². The standard InChI is InChI=1S/C17H17NO3/c1-11-4-5-16-12(7-11)3-2-6-18(16)17(21)13-8-14(19)10-15(20)9-13/h4-5,7-10,19-20H,2-3,6H2,1H3. The van der Waals surface area contributed by atoms with Crippen molar-refractivity contribution < 1.29 is 15.0 Å². The van der Waals surface area contributed by atoms with Crippen LogP contribution in [-0.2, 0) is 6.42 Å². The Morgan fingerprint density at radius 2 is 1.81 bits per heavy atom. The second kappa shape index (κ2) is 5.13. The molecule has 2 aromatic rings. The number of rotatable bonds is 1. The number of fused-ring (bicyclic) bond motifs is 1. The highest BCUT2D eigenvalue weighted by Crippen LogP contribution is 2.30. The lowest BCUT2D eigenvalue weighted by molar-refractivity contribution is 0.0984. The summed E-state index contributed by atoms with van der Waals surface area (Å²) >= 11 is 0. The fourth-order valence-corrected chi connectivity index (χ4v) is 2.81. The van der Waals surface area contributed by atoms with Crippen LogP contribution in [0, 0.1) is 6.92 Å². The van der Waals surface area contributed by atoms with E-state index in [0.29, 0.717) is 12.1 Å². The fourth-order valence-electron chi connectivity index (χ4n) is 2.81. The van der Waals surface area contributed by atoms with E-state index in [-0.39, 0.29) is 17.4 Å². The Balaban J connectivity index is 2.00. The summed E-state index contributed by atoms with van der Waals surface area (Å²) in [4.78, 5) is 14.4. The summed E-state index contributed by atoms with van der Waals surface area (Å²) in [5.41, 5.74) is 3.55. The molecule has 108 valence electrons. The minimum atomic E-state index is -0.203. The van der Waals surface area contributed by atoms with Crippen molar-refractivity contribution in [1.82, 2.24) is 0 Å². The van der Waals surface area contributed by atoms with E-state index < -0.39 is 0 Å². The summed E-state index contributed by atoms with van der Waals surface area (Å²) in [7, 11) is 0. The van der Waals surface area contributed by atoms with Crippen molar-refractivity contribution >= 4 is 11.6 Å². The molecule has 0 aliphatic carbocycles. The third-order valence-electron chi connectivity index (χ3n) is 3.75. The Labute approximate surface area is 123 Å². The molecule has 0 saturated heterocycles. The van der Waals surface area contributed by atoms with Crippen LogP contribution in [0.1, 0.15) is 27.9 Å². The summed E-state index contributed by atoms with van der Waals surface area (Å²) in [5.74, 6) is -0.426. The Kier molecular flexibility index (Phi) is 3.29. The number of benzene rings is 2. The normalized spacial score (nSPS) is 13.9. The second-order valence-corrected chi connectivity index (χ2v) is 5.43. The highest BCUT2D eigenvalue weighted by Gasteiger charge is 2.24.